The molecule has 0 aliphatic rings. The number of hydrogen-bond acceptors (Lipinski definition) is 5. The molecule has 0 aliphatic heterocycles. The number of hydrogen-bond donors (Lipinski definition) is 2. The fraction of sp³-hybridized carbons (Fsp3) is 0.375. The van der Waals surface area contributed by atoms with E-state index in [1.165, 1.54) is 11.3 Å². The van der Waals surface area contributed by atoms with E-state index >= 15 is 0 Å². The molecule has 0 spiro atoms. The molecule has 3 N–H and O–H groups in total. The molecule has 1 aromatic heterocycles. The van der Waals surface area contributed by atoms with Crippen LogP contribution in [0.5, 0.6) is 5.75 Å². The topological polar surface area (TPSA) is 77.2 Å². The molecule has 23 heavy (non-hydrogen) atoms. The van der Waals surface area contributed by atoms with E-state index < -0.39 is 0 Å². The lowest BCUT2D eigenvalue weighted by atomic mass is 10.1. The Morgan fingerprint density at radius 2 is 2.13 bits per heavy atom. The molecular formula is C16H22ClN3O2S. The summed E-state index contributed by atoms with van der Waals surface area (Å²) in [5.41, 5.74) is 6.91. The first-order valence-electron chi connectivity index (χ1n) is 7.21. The number of aromatic nitrogens is 1. The van der Waals surface area contributed by atoms with E-state index in [2.05, 4.69) is 10.3 Å². The zero-order valence-corrected chi connectivity index (χ0v) is 15.0. The molecule has 2 rings (SSSR count). The summed E-state index contributed by atoms with van der Waals surface area (Å²) in [5, 5.41) is 5.42. The quantitative estimate of drug-likeness (QED) is 0.833. The van der Waals surface area contributed by atoms with Crippen LogP contribution in [-0.2, 0) is 6.54 Å². The van der Waals surface area contributed by atoms with Crippen LogP contribution in [0.2, 0.25) is 0 Å². The highest BCUT2D eigenvalue weighted by molar-refractivity contribution is 7.09. The molecular weight excluding hydrogens is 334 g/mol. The summed E-state index contributed by atoms with van der Waals surface area (Å²) >= 11 is 1.39. The van der Waals surface area contributed by atoms with E-state index in [-0.39, 0.29) is 30.5 Å². The maximum atomic E-state index is 12.2. The Kier molecular flexibility index (Phi) is 7.48. The summed E-state index contributed by atoms with van der Waals surface area (Å²) in [6.07, 6.45) is 0.116. The Labute approximate surface area is 146 Å². The van der Waals surface area contributed by atoms with Gasteiger partial charge in [0, 0.05) is 11.9 Å². The number of amides is 1. The van der Waals surface area contributed by atoms with Gasteiger partial charge in [-0.25, -0.2) is 4.98 Å². The zero-order chi connectivity index (χ0) is 16.1. The van der Waals surface area contributed by atoms with Crippen LogP contribution in [0, 0.1) is 0 Å². The number of benzene rings is 1. The molecule has 7 heteroatoms. The van der Waals surface area contributed by atoms with E-state index in [1.807, 2.05) is 45.0 Å². The Bertz CT molecular complexity index is 646. The van der Waals surface area contributed by atoms with Crippen molar-refractivity contribution >= 4 is 29.7 Å². The molecule has 0 radical (unpaired) electrons. The number of nitrogens with zero attached hydrogens (tertiary/aromatic N) is 1. The number of thiazole rings is 1. The van der Waals surface area contributed by atoms with E-state index in [4.69, 9.17) is 10.5 Å². The summed E-state index contributed by atoms with van der Waals surface area (Å²) in [7, 11) is 0. The van der Waals surface area contributed by atoms with Crippen LogP contribution in [0.4, 0.5) is 0 Å². The van der Waals surface area contributed by atoms with Crippen LogP contribution in [0.1, 0.15) is 47.9 Å². The number of rotatable bonds is 6. The number of ether oxygens (including phenoxy) is 1. The van der Waals surface area contributed by atoms with Gasteiger partial charge in [-0.1, -0.05) is 12.1 Å². The van der Waals surface area contributed by atoms with Crippen molar-refractivity contribution in [2.45, 2.75) is 39.5 Å². The largest absolute Gasteiger partial charge is 0.491 e. The smallest absolute Gasteiger partial charge is 0.271 e. The third kappa shape index (κ3) is 5.49. The lowest BCUT2D eigenvalue weighted by Crippen LogP contribution is -2.27. The summed E-state index contributed by atoms with van der Waals surface area (Å²) in [6.45, 7) is 6.25. The van der Waals surface area contributed by atoms with Crippen molar-refractivity contribution in [3.8, 4) is 5.75 Å². The Hall–Kier alpha value is -1.63. The van der Waals surface area contributed by atoms with Crippen molar-refractivity contribution in [3.63, 3.8) is 0 Å². The predicted octanol–water partition coefficient (Wildman–Crippen LogP) is 3.30. The second-order valence-corrected chi connectivity index (χ2v) is 6.21. The lowest BCUT2D eigenvalue weighted by molar-refractivity contribution is 0.0935. The number of carbonyl (C=O) groups is 1. The summed E-state index contributed by atoms with van der Waals surface area (Å²) < 4.78 is 5.68. The molecule has 1 amide bonds. The van der Waals surface area contributed by atoms with Crippen molar-refractivity contribution in [1.29, 1.82) is 0 Å². The van der Waals surface area contributed by atoms with Gasteiger partial charge >= 0.3 is 0 Å². The molecule has 0 aliphatic carbocycles. The van der Waals surface area contributed by atoms with Crippen LogP contribution in [0.3, 0.4) is 0 Å². The van der Waals surface area contributed by atoms with Gasteiger partial charge in [0.1, 0.15) is 16.5 Å². The predicted molar refractivity (Wildman–Crippen MR) is 95.3 cm³/mol. The molecule has 1 unspecified atom stereocenters. The standard InChI is InChI=1S/C16H21N3O2S.ClH/c1-10(2)21-13-6-4-5-12(7-13)11(3)18-16(20)14-9-22-15(8-17)19-14;/h4-7,9-11H,8,17H2,1-3H3,(H,18,20);1H. The van der Waals surface area contributed by atoms with Crippen molar-refractivity contribution in [3.05, 3.63) is 45.9 Å². The van der Waals surface area contributed by atoms with Gasteiger partial charge in [0.25, 0.3) is 5.91 Å². The highest BCUT2D eigenvalue weighted by atomic mass is 35.5. The fourth-order valence-electron chi connectivity index (χ4n) is 1.99. The minimum atomic E-state index is -0.196. The number of carbonyl (C=O) groups excluding carboxylic acids is 1. The molecule has 126 valence electrons. The number of nitrogens with one attached hydrogen (secondary N) is 1. The average Bonchev–Trinajstić information content (AvgIpc) is 2.95. The molecule has 0 saturated heterocycles. The molecule has 0 fully saturated rings. The van der Waals surface area contributed by atoms with Crippen molar-refractivity contribution in [2.24, 2.45) is 5.73 Å². The minimum Gasteiger partial charge on any atom is -0.491 e. The Morgan fingerprint density at radius 1 is 1.39 bits per heavy atom. The van der Waals surface area contributed by atoms with Crippen LogP contribution >= 0.6 is 23.7 Å². The van der Waals surface area contributed by atoms with Gasteiger partial charge in [-0.15, -0.1) is 23.7 Å². The van der Waals surface area contributed by atoms with Crippen LogP contribution < -0.4 is 15.8 Å². The molecule has 1 heterocycles. The Morgan fingerprint density at radius 3 is 2.74 bits per heavy atom. The highest BCUT2D eigenvalue weighted by Crippen LogP contribution is 2.20. The first-order chi connectivity index (χ1) is 10.5. The van der Waals surface area contributed by atoms with Gasteiger partial charge in [-0.3, -0.25) is 4.79 Å². The normalized spacial score (nSPS) is 11.7. The fourth-order valence-corrected chi connectivity index (χ4v) is 2.65. The molecule has 1 atom stereocenters. The maximum absolute atomic E-state index is 12.2. The minimum absolute atomic E-state index is 0. The van der Waals surface area contributed by atoms with Crippen LogP contribution in [0.15, 0.2) is 29.6 Å². The lowest BCUT2D eigenvalue weighted by Gasteiger charge is -2.16. The third-order valence-electron chi connectivity index (χ3n) is 3.04. The zero-order valence-electron chi connectivity index (χ0n) is 13.4. The molecule has 1 aromatic carbocycles. The molecule has 5 nitrogen and oxygen atoms in total. The van der Waals surface area contributed by atoms with Gasteiger partial charge in [0.15, 0.2) is 0 Å². The highest BCUT2D eigenvalue weighted by Gasteiger charge is 2.14. The summed E-state index contributed by atoms with van der Waals surface area (Å²) in [4.78, 5) is 16.4. The van der Waals surface area contributed by atoms with Gasteiger partial charge in [-0.05, 0) is 38.5 Å². The average molecular weight is 356 g/mol. The van der Waals surface area contributed by atoms with Crippen molar-refractivity contribution < 1.29 is 9.53 Å². The van der Waals surface area contributed by atoms with E-state index in [1.54, 1.807) is 5.38 Å². The summed E-state index contributed by atoms with van der Waals surface area (Å²) in [5.74, 6) is 0.603. The molecule has 0 saturated carbocycles. The molecule has 0 bridgehead atoms. The van der Waals surface area contributed by atoms with Crippen LogP contribution in [0.25, 0.3) is 0 Å². The van der Waals surface area contributed by atoms with E-state index in [0.29, 0.717) is 12.2 Å². The first kappa shape index (κ1) is 19.4. The van der Waals surface area contributed by atoms with Gasteiger partial charge in [-0.2, -0.15) is 0 Å². The van der Waals surface area contributed by atoms with E-state index in [0.717, 1.165) is 16.3 Å². The van der Waals surface area contributed by atoms with Crippen LogP contribution in [-0.4, -0.2) is 17.0 Å². The monoisotopic (exact) mass is 355 g/mol. The van der Waals surface area contributed by atoms with Gasteiger partial charge in [0.2, 0.25) is 0 Å². The number of nitrogens with two attached hydrogens (primary N) is 1. The summed E-state index contributed by atoms with van der Waals surface area (Å²) in [6, 6.07) is 7.60. The Balaban J connectivity index is 0.00000264. The second-order valence-electron chi connectivity index (χ2n) is 5.26. The van der Waals surface area contributed by atoms with Gasteiger partial charge in [0.05, 0.1) is 12.1 Å². The SMILES string of the molecule is CC(C)Oc1cccc(C(C)NC(=O)c2csc(CN)n2)c1.Cl. The third-order valence-corrected chi connectivity index (χ3v) is 3.91. The van der Waals surface area contributed by atoms with Crippen molar-refractivity contribution in [1.82, 2.24) is 10.3 Å². The van der Waals surface area contributed by atoms with E-state index in [9.17, 15) is 4.79 Å². The van der Waals surface area contributed by atoms with Gasteiger partial charge < -0.3 is 15.8 Å². The van der Waals surface area contributed by atoms with Crippen molar-refractivity contribution in [2.75, 3.05) is 0 Å². The molecule has 2 aromatic rings. The number of halogens is 1. The first-order valence-corrected chi connectivity index (χ1v) is 8.09. The maximum Gasteiger partial charge on any atom is 0.271 e. The second kappa shape index (κ2) is 8.86.